The summed E-state index contributed by atoms with van der Waals surface area (Å²) in [4.78, 5) is 41.0. The maximum absolute atomic E-state index is 13.3. The van der Waals surface area contributed by atoms with Crippen molar-refractivity contribution in [2.24, 2.45) is 0 Å². The summed E-state index contributed by atoms with van der Waals surface area (Å²) in [6, 6.07) is 11.4. The Bertz CT molecular complexity index is 1270. The van der Waals surface area contributed by atoms with E-state index in [9.17, 15) is 14.4 Å². The molecule has 0 fully saturated rings. The van der Waals surface area contributed by atoms with Gasteiger partial charge in [0, 0.05) is 18.2 Å². The zero-order valence-electron chi connectivity index (χ0n) is 18.1. The number of nitrogens with zero attached hydrogens (tertiary/aromatic N) is 4. The van der Waals surface area contributed by atoms with Crippen LogP contribution in [0.15, 0.2) is 59.5 Å². The monoisotopic (exact) mass is 464 g/mol. The van der Waals surface area contributed by atoms with E-state index >= 15 is 0 Å². The highest BCUT2D eigenvalue weighted by Crippen LogP contribution is 2.28. The summed E-state index contributed by atoms with van der Waals surface area (Å²) in [6.07, 6.45) is 1.48. The van der Waals surface area contributed by atoms with E-state index < -0.39 is 11.8 Å². The molecule has 0 saturated carbocycles. The normalized spacial score (nSPS) is 12.9. The van der Waals surface area contributed by atoms with Crippen LogP contribution < -0.4 is 0 Å². The number of halogens is 1. The molecule has 3 amide bonds. The molecule has 33 heavy (non-hydrogen) atoms. The van der Waals surface area contributed by atoms with Gasteiger partial charge in [-0.3, -0.25) is 19.3 Å². The molecular formula is C24H21ClN4O4. The number of carbonyl (C=O) groups excluding carboxylic acids is 3. The SMILES string of the molecule is C=CCN1C(=O)c2ccc(C(=O)N(Cc3nnc(-c4ccccc4Cl)o3)C(C)C)cc2C1=O. The highest BCUT2D eigenvalue weighted by Gasteiger charge is 2.35. The second kappa shape index (κ2) is 8.99. The van der Waals surface area contributed by atoms with Crippen molar-refractivity contribution in [2.45, 2.75) is 26.4 Å². The van der Waals surface area contributed by atoms with E-state index in [0.717, 1.165) is 4.90 Å². The van der Waals surface area contributed by atoms with Crippen LogP contribution in [0.3, 0.4) is 0 Å². The minimum Gasteiger partial charge on any atom is -0.419 e. The van der Waals surface area contributed by atoms with Crippen molar-refractivity contribution in [1.29, 1.82) is 0 Å². The Hall–Kier alpha value is -3.78. The molecule has 9 heteroatoms. The predicted molar refractivity (Wildman–Crippen MR) is 122 cm³/mol. The van der Waals surface area contributed by atoms with Crippen LogP contribution >= 0.6 is 11.6 Å². The van der Waals surface area contributed by atoms with Crippen LogP contribution in [-0.4, -0.2) is 50.3 Å². The Morgan fingerprint density at radius 1 is 1.12 bits per heavy atom. The average molecular weight is 465 g/mol. The number of imide groups is 1. The smallest absolute Gasteiger partial charge is 0.261 e. The van der Waals surface area contributed by atoms with Crippen molar-refractivity contribution in [2.75, 3.05) is 6.54 Å². The van der Waals surface area contributed by atoms with E-state index in [1.165, 1.54) is 18.2 Å². The van der Waals surface area contributed by atoms with Gasteiger partial charge in [-0.1, -0.05) is 29.8 Å². The molecule has 0 bridgehead atoms. The van der Waals surface area contributed by atoms with Crippen molar-refractivity contribution in [3.8, 4) is 11.5 Å². The van der Waals surface area contributed by atoms with E-state index in [0.29, 0.717) is 10.6 Å². The molecule has 0 atom stereocenters. The molecule has 0 N–H and O–H groups in total. The Labute approximate surface area is 195 Å². The van der Waals surface area contributed by atoms with Gasteiger partial charge in [-0.05, 0) is 44.2 Å². The van der Waals surface area contributed by atoms with Gasteiger partial charge in [0.1, 0.15) is 0 Å². The zero-order chi connectivity index (χ0) is 23.7. The topological polar surface area (TPSA) is 96.6 Å². The fourth-order valence-corrected chi connectivity index (χ4v) is 3.80. The molecule has 0 aliphatic carbocycles. The highest BCUT2D eigenvalue weighted by molar-refractivity contribution is 6.33. The number of hydrogen-bond acceptors (Lipinski definition) is 6. The lowest BCUT2D eigenvalue weighted by Gasteiger charge is -2.25. The molecule has 0 radical (unpaired) electrons. The molecule has 0 unspecified atom stereocenters. The Morgan fingerprint density at radius 3 is 2.55 bits per heavy atom. The first-order valence-electron chi connectivity index (χ1n) is 10.3. The maximum Gasteiger partial charge on any atom is 0.261 e. The molecule has 1 aliphatic rings. The summed E-state index contributed by atoms with van der Waals surface area (Å²) in [5, 5.41) is 8.59. The molecule has 2 aromatic carbocycles. The van der Waals surface area contributed by atoms with Gasteiger partial charge in [-0.2, -0.15) is 0 Å². The largest absolute Gasteiger partial charge is 0.419 e. The summed E-state index contributed by atoms with van der Waals surface area (Å²) in [7, 11) is 0. The van der Waals surface area contributed by atoms with E-state index in [-0.39, 0.29) is 53.5 Å². The van der Waals surface area contributed by atoms with Crippen LogP contribution in [-0.2, 0) is 6.54 Å². The van der Waals surface area contributed by atoms with Crippen molar-refractivity contribution in [3.05, 3.63) is 82.7 Å². The van der Waals surface area contributed by atoms with Crippen molar-refractivity contribution < 1.29 is 18.8 Å². The highest BCUT2D eigenvalue weighted by atomic mass is 35.5. The molecule has 8 nitrogen and oxygen atoms in total. The first kappa shape index (κ1) is 22.4. The van der Waals surface area contributed by atoms with Gasteiger partial charge < -0.3 is 9.32 Å². The third-order valence-corrected chi connectivity index (χ3v) is 5.62. The second-order valence-electron chi connectivity index (χ2n) is 7.78. The van der Waals surface area contributed by atoms with Crippen LogP contribution in [0.5, 0.6) is 0 Å². The average Bonchev–Trinajstić information content (AvgIpc) is 3.36. The first-order valence-corrected chi connectivity index (χ1v) is 10.7. The van der Waals surface area contributed by atoms with Gasteiger partial charge in [0.2, 0.25) is 11.8 Å². The van der Waals surface area contributed by atoms with Crippen molar-refractivity contribution in [1.82, 2.24) is 20.0 Å². The van der Waals surface area contributed by atoms with Gasteiger partial charge >= 0.3 is 0 Å². The van der Waals surface area contributed by atoms with E-state index in [1.807, 2.05) is 19.9 Å². The molecule has 3 aromatic rings. The Kier molecular flexibility index (Phi) is 6.11. The predicted octanol–water partition coefficient (Wildman–Crippen LogP) is 4.22. The number of rotatable bonds is 7. The summed E-state index contributed by atoms with van der Waals surface area (Å²) in [6.45, 7) is 7.47. The van der Waals surface area contributed by atoms with Gasteiger partial charge in [0.25, 0.3) is 17.7 Å². The fourth-order valence-electron chi connectivity index (χ4n) is 3.58. The number of benzene rings is 2. The molecule has 0 saturated heterocycles. The third-order valence-electron chi connectivity index (χ3n) is 5.29. The van der Waals surface area contributed by atoms with Gasteiger partial charge in [-0.25, -0.2) is 0 Å². The number of fused-ring (bicyclic) bond motifs is 1. The number of aromatic nitrogens is 2. The summed E-state index contributed by atoms with van der Waals surface area (Å²) < 4.78 is 5.75. The van der Waals surface area contributed by atoms with Crippen LogP contribution in [0.1, 0.15) is 50.8 Å². The fraction of sp³-hybridized carbons (Fsp3) is 0.208. The minimum absolute atomic E-state index is 0.0699. The molecule has 1 aromatic heterocycles. The van der Waals surface area contributed by atoms with Crippen LogP contribution in [0.25, 0.3) is 11.5 Å². The van der Waals surface area contributed by atoms with Gasteiger partial charge in [0.15, 0.2) is 0 Å². The lowest BCUT2D eigenvalue weighted by molar-refractivity contribution is 0.0665. The van der Waals surface area contributed by atoms with E-state index in [2.05, 4.69) is 16.8 Å². The van der Waals surface area contributed by atoms with Crippen LogP contribution in [0.4, 0.5) is 0 Å². The minimum atomic E-state index is -0.443. The van der Waals surface area contributed by atoms with Crippen molar-refractivity contribution >= 4 is 29.3 Å². The molecule has 168 valence electrons. The first-order chi connectivity index (χ1) is 15.8. The molecular weight excluding hydrogens is 444 g/mol. The second-order valence-corrected chi connectivity index (χ2v) is 8.18. The molecule has 1 aliphatic heterocycles. The number of carbonyl (C=O) groups is 3. The maximum atomic E-state index is 13.3. The molecule has 4 rings (SSSR count). The molecule has 2 heterocycles. The third kappa shape index (κ3) is 4.17. The van der Waals surface area contributed by atoms with Crippen LogP contribution in [0, 0.1) is 0 Å². The zero-order valence-corrected chi connectivity index (χ0v) is 18.9. The summed E-state index contributed by atoms with van der Waals surface area (Å²) in [5.41, 5.74) is 1.37. The Balaban J connectivity index is 1.59. The quantitative estimate of drug-likeness (QED) is 0.383. The Morgan fingerprint density at radius 2 is 1.85 bits per heavy atom. The van der Waals surface area contributed by atoms with Gasteiger partial charge in [0.05, 0.1) is 28.3 Å². The lowest BCUT2D eigenvalue weighted by Crippen LogP contribution is -2.36. The van der Waals surface area contributed by atoms with E-state index in [4.69, 9.17) is 16.0 Å². The van der Waals surface area contributed by atoms with Crippen molar-refractivity contribution in [3.63, 3.8) is 0 Å². The molecule has 0 spiro atoms. The summed E-state index contributed by atoms with van der Waals surface area (Å²) >= 11 is 6.20. The number of amides is 3. The van der Waals surface area contributed by atoms with E-state index in [1.54, 1.807) is 29.2 Å². The van der Waals surface area contributed by atoms with Gasteiger partial charge in [-0.15, -0.1) is 16.8 Å². The number of hydrogen-bond donors (Lipinski definition) is 0. The lowest BCUT2D eigenvalue weighted by atomic mass is 10.0. The summed E-state index contributed by atoms with van der Waals surface area (Å²) in [5.74, 6) is -0.658. The van der Waals surface area contributed by atoms with Crippen LogP contribution in [0.2, 0.25) is 5.02 Å². The standard InChI is InChI=1S/C24H21ClN4O4/c1-4-11-28-23(31)16-10-9-15(12-18(16)24(28)32)22(30)29(14(2)3)13-20-26-27-21(33-20)17-7-5-6-8-19(17)25/h4-10,12,14H,1,11,13H2,2-3H3.